The molecule has 0 radical (unpaired) electrons. The zero-order valence-corrected chi connectivity index (χ0v) is 22.0. The number of aliphatic carboxylic acids is 1. The lowest BCUT2D eigenvalue weighted by Gasteiger charge is -2.31. The third-order valence-corrected chi connectivity index (χ3v) is 10.9. The monoisotopic (exact) mass is 528 g/mol. The van der Waals surface area contributed by atoms with Crippen molar-refractivity contribution >= 4 is 40.4 Å². The quantitative estimate of drug-likeness (QED) is 0.196. The van der Waals surface area contributed by atoms with Crippen molar-refractivity contribution in [2.75, 3.05) is 0 Å². The smallest absolute Gasteiger partial charge is 0.356 e. The van der Waals surface area contributed by atoms with E-state index < -0.39 is 19.1 Å². The molecular formula is C34H27NO3P+. The minimum Gasteiger partial charge on any atom is -0.476 e. The topological polar surface area (TPSA) is 66.4 Å². The van der Waals surface area contributed by atoms with Crippen LogP contribution in [0.3, 0.4) is 0 Å². The molecule has 190 valence electrons. The van der Waals surface area contributed by atoms with Crippen LogP contribution < -0.4 is 21.2 Å². The zero-order valence-electron chi connectivity index (χ0n) is 21.1. The first kappa shape index (κ1) is 25.8. The second-order valence-electron chi connectivity index (χ2n) is 8.89. The Morgan fingerprint density at radius 2 is 0.821 bits per heavy atom. The largest absolute Gasteiger partial charge is 0.476 e. The second kappa shape index (κ2) is 11.7. The summed E-state index contributed by atoms with van der Waals surface area (Å²) < 4.78 is 0. The number of carbonyl (C=O) groups is 2. The number of carbonyl (C=O) groups excluding carboxylic acids is 1. The van der Waals surface area contributed by atoms with Gasteiger partial charge in [-0.3, -0.25) is 4.79 Å². The van der Waals surface area contributed by atoms with Crippen LogP contribution in [0.2, 0.25) is 0 Å². The summed E-state index contributed by atoms with van der Waals surface area (Å²) in [6.07, 6.45) is 0. The number of rotatable bonds is 8. The molecule has 4 nitrogen and oxygen atoms in total. The highest BCUT2D eigenvalue weighted by Gasteiger charge is 2.52. The van der Waals surface area contributed by atoms with E-state index in [-0.39, 0.29) is 5.70 Å². The van der Waals surface area contributed by atoms with Gasteiger partial charge in [-0.25, -0.2) is 4.79 Å². The van der Waals surface area contributed by atoms with E-state index in [0.29, 0.717) is 10.9 Å². The maximum absolute atomic E-state index is 13.4. The van der Waals surface area contributed by atoms with Crippen LogP contribution in [0, 0.1) is 0 Å². The van der Waals surface area contributed by atoms with E-state index in [1.165, 1.54) is 0 Å². The van der Waals surface area contributed by atoms with Gasteiger partial charge in [0.25, 0.3) is 5.91 Å². The van der Waals surface area contributed by atoms with Crippen molar-refractivity contribution in [3.8, 4) is 0 Å². The third kappa shape index (κ3) is 5.16. The number of amides is 1. The van der Waals surface area contributed by atoms with Crippen molar-refractivity contribution in [3.63, 3.8) is 0 Å². The number of hydrogen-bond donors (Lipinski definition) is 2. The van der Waals surface area contributed by atoms with Gasteiger partial charge >= 0.3 is 5.97 Å². The van der Waals surface area contributed by atoms with Gasteiger partial charge in [-0.2, -0.15) is 0 Å². The van der Waals surface area contributed by atoms with Gasteiger partial charge in [-0.15, -0.1) is 0 Å². The van der Waals surface area contributed by atoms with Gasteiger partial charge in [0, 0.05) is 11.1 Å². The van der Waals surface area contributed by atoms with Crippen LogP contribution in [-0.2, 0) is 4.79 Å². The normalized spacial score (nSPS) is 11.8. The molecular weight excluding hydrogens is 501 g/mol. The van der Waals surface area contributed by atoms with Gasteiger partial charge in [-0.1, -0.05) is 103 Å². The average molecular weight is 529 g/mol. The molecule has 0 aromatic heterocycles. The van der Waals surface area contributed by atoms with E-state index in [4.69, 9.17) is 0 Å². The van der Waals surface area contributed by atoms with Gasteiger partial charge in [-0.05, 0) is 48.5 Å². The predicted molar refractivity (Wildman–Crippen MR) is 160 cm³/mol. The Kier molecular flexibility index (Phi) is 7.77. The van der Waals surface area contributed by atoms with Crippen LogP contribution in [0.5, 0.6) is 0 Å². The SMILES string of the molecule is O=C(O)/C(NC(=O)c1ccccc1)=C(\c1ccccc1)[P+](c1ccccc1)(c1ccccc1)c1ccccc1. The second-order valence-corrected chi connectivity index (χ2v) is 12.2. The lowest BCUT2D eigenvalue weighted by molar-refractivity contribution is -0.132. The van der Waals surface area contributed by atoms with E-state index in [2.05, 4.69) is 41.7 Å². The van der Waals surface area contributed by atoms with Crippen molar-refractivity contribution in [2.24, 2.45) is 0 Å². The van der Waals surface area contributed by atoms with E-state index in [1.54, 1.807) is 24.3 Å². The molecule has 0 bridgehead atoms. The Morgan fingerprint density at radius 3 is 1.18 bits per heavy atom. The molecule has 5 heteroatoms. The van der Waals surface area contributed by atoms with Gasteiger partial charge in [0.05, 0.1) is 0 Å². The van der Waals surface area contributed by atoms with Gasteiger partial charge in [0.15, 0.2) is 5.70 Å². The van der Waals surface area contributed by atoms with Crippen molar-refractivity contribution in [3.05, 3.63) is 168 Å². The average Bonchev–Trinajstić information content (AvgIpc) is 3.01. The summed E-state index contributed by atoms with van der Waals surface area (Å²) in [5.41, 5.74) is 0.972. The Labute approximate surface area is 228 Å². The summed E-state index contributed by atoms with van der Waals surface area (Å²) in [5, 5.41) is 17.1. The highest BCUT2D eigenvalue weighted by atomic mass is 31.2. The van der Waals surface area contributed by atoms with Crippen LogP contribution >= 0.6 is 7.26 Å². The number of benzene rings is 5. The standard InChI is InChI=1S/C34H26NO3P/c36-33(27-18-8-2-9-19-27)35-31(34(37)38)32(26-16-6-1-7-17-26)39(28-20-10-3-11-21-28,29-22-12-4-13-23-29)30-24-14-5-15-25-30/h1-25H,(H-,35,36,37,38)/p+1/b32-31-. The minimum absolute atomic E-state index is 0.139. The third-order valence-electron chi connectivity index (χ3n) is 6.54. The molecule has 5 aromatic carbocycles. The zero-order chi connectivity index (χ0) is 27.1. The van der Waals surface area contributed by atoms with Crippen molar-refractivity contribution in [1.29, 1.82) is 0 Å². The first-order valence-electron chi connectivity index (χ1n) is 12.6. The molecule has 0 saturated heterocycles. The van der Waals surface area contributed by atoms with Gasteiger partial charge in [0.1, 0.15) is 28.5 Å². The van der Waals surface area contributed by atoms with Gasteiger partial charge < -0.3 is 10.4 Å². The molecule has 0 heterocycles. The van der Waals surface area contributed by atoms with Crippen molar-refractivity contribution < 1.29 is 14.7 Å². The Hall–Kier alpha value is -4.79. The van der Waals surface area contributed by atoms with Gasteiger partial charge in [0.2, 0.25) is 0 Å². The fraction of sp³-hybridized carbons (Fsp3) is 0. The molecule has 5 rings (SSSR count). The maximum atomic E-state index is 13.4. The minimum atomic E-state index is -2.86. The molecule has 1 amide bonds. The van der Waals surface area contributed by atoms with Crippen LogP contribution in [0.4, 0.5) is 0 Å². The molecule has 2 N–H and O–H groups in total. The summed E-state index contributed by atoms with van der Waals surface area (Å²) in [6.45, 7) is 0. The molecule has 0 unspecified atom stereocenters. The summed E-state index contributed by atoms with van der Waals surface area (Å²) >= 11 is 0. The van der Waals surface area contributed by atoms with Crippen LogP contribution in [-0.4, -0.2) is 17.0 Å². The van der Waals surface area contributed by atoms with Crippen molar-refractivity contribution in [1.82, 2.24) is 5.32 Å². The Morgan fingerprint density at radius 1 is 0.487 bits per heavy atom. The molecule has 0 atom stereocenters. The molecule has 0 aliphatic rings. The summed E-state index contributed by atoms with van der Waals surface area (Å²) in [6, 6.07) is 48.2. The van der Waals surface area contributed by atoms with Crippen LogP contribution in [0.25, 0.3) is 5.31 Å². The molecule has 0 aliphatic heterocycles. The van der Waals surface area contributed by atoms with Crippen molar-refractivity contribution in [2.45, 2.75) is 0 Å². The Bertz CT molecular complexity index is 1490. The number of carboxylic acid groups (broad SMARTS) is 1. The number of nitrogens with one attached hydrogen (secondary N) is 1. The molecule has 0 fully saturated rings. The molecule has 5 aromatic rings. The first-order chi connectivity index (χ1) is 19.1. The van der Waals surface area contributed by atoms with E-state index in [0.717, 1.165) is 21.5 Å². The molecule has 39 heavy (non-hydrogen) atoms. The molecule has 0 spiro atoms. The fourth-order valence-corrected chi connectivity index (χ4v) is 9.43. The first-order valence-corrected chi connectivity index (χ1v) is 14.4. The number of hydrogen-bond acceptors (Lipinski definition) is 2. The van der Waals surface area contributed by atoms with E-state index in [1.807, 2.05) is 91.0 Å². The Balaban J connectivity index is 1.94. The molecule has 0 aliphatic carbocycles. The lowest BCUT2D eigenvalue weighted by atomic mass is 10.1. The van der Waals surface area contributed by atoms with E-state index >= 15 is 0 Å². The maximum Gasteiger partial charge on any atom is 0.356 e. The highest BCUT2D eigenvalue weighted by Crippen LogP contribution is 2.67. The fourth-order valence-electron chi connectivity index (χ4n) is 4.88. The number of carboxylic acids is 1. The van der Waals surface area contributed by atoms with Crippen LogP contribution in [0.15, 0.2) is 157 Å². The summed E-state index contributed by atoms with van der Waals surface area (Å²) in [4.78, 5) is 26.6. The lowest BCUT2D eigenvalue weighted by Crippen LogP contribution is -2.36. The summed E-state index contributed by atoms with van der Waals surface area (Å²) in [5.74, 6) is -1.68. The molecule has 0 saturated carbocycles. The van der Waals surface area contributed by atoms with Crippen LogP contribution in [0.1, 0.15) is 15.9 Å². The van der Waals surface area contributed by atoms with E-state index in [9.17, 15) is 14.7 Å². The summed E-state index contributed by atoms with van der Waals surface area (Å²) in [7, 11) is -2.86. The predicted octanol–water partition coefficient (Wildman–Crippen LogP) is 5.86. The highest BCUT2D eigenvalue weighted by molar-refractivity contribution is 8.03.